The van der Waals surface area contributed by atoms with Crippen LogP contribution in [0.15, 0.2) is 40.8 Å². The van der Waals surface area contributed by atoms with Gasteiger partial charge in [0.1, 0.15) is 11.5 Å². The molecule has 0 atom stereocenters. The number of furan rings is 1. The summed E-state index contributed by atoms with van der Waals surface area (Å²) in [4.78, 5) is 11.9. The Morgan fingerprint density at radius 3 is 2.44 bits per heavy atom. The monoisotopic (exact) mass is 216 g/mol. The maximum Gasteiger partial charge on any atom is 0.228 e. The van der Waals surface area contributed by atoms with Crippen molar-refractivity contribution in [3.63, 3.8) is 0 Å². The Balaban J connectivity index is 2.28. The van der Waals surface area contributed by atoms with Gasteiger partial charge in [0.2, 0.25) is 5.78 Å². The Bertz CT molecular complexity index is 494. The van der Waals surface area contributed by atoms with Crippen molar-refractivity contribution in [2.24, 2.45) is 0 Å². The molecule has 1 aromatic heterocycles. The predicted molar refractivity (Wildman–Crippen MR) is 59.6 cm³/mol. The van der Waals surface area contributed by atoms with Gasteiger partial charge in [-0.15, -0.1) is 0 Å². The lowest BCUT2D eigenvalue weighted by molar-refractivity contribution is 0.101. The van der Waals surface area contributed by atoms with E-state index in [1.165, 1.54) is 12.1 Å². The van der Waals surface area contributed by atoms with E-state index in [9.17, 15) is 4.79 Å². The van der Waals surface area contributed by atoms with Crippen LogP contribution in [0.4, 0.5) is 0 Å². The number of carbonyl (C=O) groups excluding carboxylic acids is 1. The topological polar surface area (TPSA) is 50.4 Å². The minimum Gasteiger partial charge on any atom is -0.508 e. The first kappa shape index (κ1) is 10.5. The summed E-state index contributed by atoms with van der Waals surface area (Å²) in [5.41, 5.74) is 0.509. The molecular formula is C13H12O3. The van der Waals surface area contributed by atoms with Crippen molar-refractivity contribution in [1.29, 1.82) is 0 Å². The number of carbonyl (C=O) groups is 1. The van der Waals surface area contributed by atoms with Crippen LogP contribution in [-0.4, -0.2) is 10.9 Å². The van der Waals surface area contributed by atoms with Crippen LogP contribution in [0.3, 0.4) is 0 Å². The highest BCUT2D eigenvalue weighted by Gasteiger charge is 2.12. The lowest BCUT2D eigenvalue weighted by atomic mass is 10.1. The number of phenols is 1. The Hall–Kier alpha value is -2.03. The number of rotatable bonds is 3. The molecule has 0 amide bonds. The van der Waals surface area contributed by atoms with Crippen molar-refractivity contribution in [2.75, 3.05) is 0 Å². The number of hydrogen-bond acceptors (Lipinski definition) is 3. The van der Waals surface area contributed by atoms with Crippen molar-refractivity contribution < 1.29 is 14.3 Å². The number of aryl methyl sites for hydroxylation is 1. The van der Waals surface area contributed by atoms with Gasteiger partial charge in [-0.1, -0.05) is 6.92 Å². The van der Waals surface area contributed by atoms with E-state index in [1.807, 2.05) is 6.92 Å². The van der Waals surface area contributed by atoms with Gasteiger partial charge in [-0.05, 0) is 36.4 Å². The van der Waals surface area contributed by atoms with Crippen molar-refractivity contribution in [3.05, 3.63) is 53.5 Å². The summed E-state index contributed by atoms with van der Waals surface area (Å²) in [6.07, 6.45) is 0.767. The summed E-state index contributed by atoms with van der Waals surface area (Å²) in [6.45, 7) is 1.97. The van der Waals surface area contributed by atoms with E-state index in [2.05, 4.69) is 0 Å². The highest BCUT2D eigenvalue weighted by molar-refractivity contribution is 6.07. The average Bonchev–Trinajstić information content (AvgIpc) is 2.77. The Morgan fingerprint density at radius 1 is 1.19 bits per heavy atom. The molecule has 3 heteroatoms. The van der Waals surface area contributed by atoms with Gasteiger partial charge >= 0.3 is 0 Å². The molecule has 2 rings (SSSR count). The Morgan fingerprint density at radius 2 is 1.88 bits per heavy atom. The first-order valence-corrected chi connectivity index (χ1v) is 5.13. The van der Waals surface area contributed by atoms with Crippen molar-refractivity contribution in [1.82, 2.24) is 0 Å². The van der Waals surface area contributed by atoms with E-state index >= 15 is 0 Å². The molecule has 0 bridgehead atoms. The van der Waals surface area contributed by atoms with Crippen LogP contribution in [0, 0.1) is 0 Å². The molecule has 0 saturated heterocycles. The van der Waals surface area contributed by atoms with Crippen molar-refractivity contribution in [2.45, 2.75) is 13.3 Å². The maximum absolute atomic E-state index is 11.9. The summed E-state index contributed by atoms with van der Waals surface area (Å²) in [5, 5.41) is 9.12. The zero-order valence-electron chi connectivity index (χ0n) is 8.93. The third-order valence-electron chi connectivity index (χ3n) is 2.36. The maximum atomic E-state index is 11.9. The van der Waals surface area contributed by atoms with Crippen LogP contribution < -0.4 is 0 Å². The summed E-state index contributed by atoms with van der Waals surface area (Å²) >= 11 is 0. The summed E-state index contributed by atoms with van der Waals surface area (Å²) in [7, 11) is 0. The Labute approximate surface area is 93.3 Å². The molecule has 3 nitrogen and oxygen atoms in total. The average molecular weight is 216 g/mol. The van der Waals surface area contributed by atoms with E-state index in [1.54, 1.807) is 24.3 Å². The molecule has 1 heterocycles. The smallest absolute Gasteiger partial charge is 0.228 e. The third kappa shape index (κ3) is 1.98. The van der Waals surface area contributed by atoms with E-state index < -0.39 is 0 Å². The fraction of sp³-hybridized carbons (Fsp3) is 0.154. The fourth-order valence-electron chi connectivity index (χ4n) is 1.45. The van der Waals surface area contributed by atoms with Gasteiger partial charge in [0.15, 0.2) is 5.76 Å². The van der Waals surface area contributed by atoms with Gasteiger partial charge in [-0.2, -0.15) is 0 Å². The molecule has 82 valence electrons. The highest BCUT2D eigenvalue weighted by atomic mass is 16.3. The number of ketones is 1. The van der Waals surface area contributed by atoms with Crippen LogP contribution in [0.2, 0.25) is 0 Å². The predicted octanol–water partition coefficient (Wildman–Crippen LogP) is 2.78. The molecule has 0 unspecified atom stereocenters. The molecule has 0 aliphatic rings. The van der Waals surface area contributed by atoms with Crippen LogP contribution in [0.5, 0.6) is 5.75 Å². The quantitative estimate of drug-likeness (QED) is 0.802. The third-order valence-corrected chi connectivity index (χ3v) is 2.36. The largest absolute Gasteiger partial charge is 0.508 e. The second-order valence-electron chi connectivity index (χ2n) is 3.50. The van der Waals surface area contributed by atoms with Crippen molar-refractivity contribution in [3.8, 4) is 5.75 Å². The second kappa shape index (κ2) is 4.23. The van der Waals surface area contributed by atoms with E-state index in [-0.39, 0.29) is 11.5 Å². The summed E-state index contributed by atoms with van der Waals surface area (Å²) in [5.74, 6) is 1.11. The second-order valence-corrected chi connectivity index (χ2v) is 3.50. The van der Waals surface area contributed by atoms with Gasteiger partial charge in [0, 0.05) is 12.0 Å². The number of hydrogen-bond donors (Lipinski definition) is 1. The van der Waals surface area contributed by atoms with Gasteiger partial charge in [0.05, 0.1) is 0 Å². The van der Waals surface area contributed by atoms with Gasteiger partial charge in [0.25, 0.3) is 0 Å². The van der Waals surface area contributed by atoms with E-state index in [0.717, 1.165) is 12.2 Å². The molecule has 0 fully saturated rings. The molecule has 0 aliphatic carbocycles. The molecule has 1 aromatic carbocycles. The standard InChI is InChI=1S/C13H12O3/c1-2-11-7-8-12(16-11)13(15)9-3-5-10(14)6-4-9/h3-8,14H,2H2,1H3. The summed E-state index contributed by atoms with van der Waals surface area (Å²) in [6, 6.07) is 9.59. The molecule has 0 radical (unpaired) electrons. The van der Waals surface area contributed by atoms with Crippen LogP contribution in [0.25, 0.3) is 0 Å². The number of aromatic hydroxyl groups is 1. The van der Waals surface area contributed by atoms with E-state index in [4.69, 9.17) is 9.52 Å². The zero-order valence-corrected chi connectivity index (χ0v) is 8.93. The zero-order chi connectivity index (χ0) is 11.5. The van der Waals surface area contributed by atoms with Crippen LogP contribution in [-0.2, 0) is 6.42 Å². The summed E-state index contributed by atoms with van der Waals surface area (Å²) < 4.78 is 5.37. The molecule has 0 spiro atoms. The lowest BCUT2D eigenvalue weighted by Gasteiger charge is -1.97. The minimum absolute atomic E-state index is 0.144. The normalized spacial score (nSPS) is 10.3. The SMILES string of the molecule is CCc1ccc(C(=O)c2ccc(O)cc2)o1. The molecule has 16 heavy (non-hydrogen) atoms. The van der Waals surface area contributed by atoms with Crippen LogP contribution in [0.1, 0.15) is 28.8 Å². The fourth-order valence-corrected chi connectivity index (χ4v) is 1.45. The molecule has 1 N–H and O–H groups in total. The van der Waals surface area contributed by atoms with Crippen LogP contribution >= 0.6 is 0 Å². The van der Waals surface area contributed by atoms with Gasteiger partial charge in [-0.3, -0.25) is 4.79 Å². The number of phenolic OH excluding ortho intramolecular Hbond substituents is 1. The van der Waals surface area contributed by atoms with Gasteiger partial charge in [-0.25, -0.2) is 0 Å². The molecule has 0 aliphatic heterocycles. The molecule has 2 aromatic rings. The molecular weight excluding hydrogens is 204 g/mol. The van der Waals surface area contributed by atoms with Crippen molar-refractivity contribution >= 4 is 5.78 Å². The first-order chi connectivity index (χ1) is 7.70. The highest BCUT2D eigenvalue weighted by Crippen LogP contribution is 2.16. The van der Waals surface area contributed by atoms with Gasteiger partial charge < -0.3 is 9.52 Å². The first-order valence-electron chi connectivity index (χ1n) is 5.13. The van der Waals surface area contributed by atoms with E-state index in [0.29, 0.717) is 11.3 Å². The number of benzene rings is 1. The minimum atomic E-state index is -0.167. The molecule has 0 saturated carbocycles. The lowest BCUT2D eigenvalue weighted by Crippen LogP contribution is -1.98. The Kier molecular flexibility index (Phi) is 2.77.